The first-order valence-electron chi connectivity index (χ1n) is 9.87. The van der Waals surface area contributed by atoms with Crippen LogP contribution in [-0.4, -0.2) is 43.1 Å². The van der Waals surface area contributed by atoms with Crippen molar-refractivity contribution in [1.29, 1.82) is 5.26 Å². The SMILES string of the molecule is COc1ccc(C=C(C#N)C(=O)OCC(=O)N2CC3(C)CC2CC(C)(C)C3)cc1. The van der Waals surface area contributed by atoms with Crippen molar-refractivity contribution in [3.05, 3.63) is 35.4 Å². The van der Waals surface area contributed by atoms with E-state index >= 15 is 0 Å². The van der Waals surface area contributed by atoms with Crippen LogP contribution in [0.2, 0.25) is 0 Å². The minimum Gasteiger partial charge on any atom is -0.497 e. The van der Waals surface area contributed by atoms with Gasteiger partial charge in [-0.2, -0.15) is 5.26 Å². The summed E-state index contributed by atoms with van der Waals surface area (Å²) in [5.74, 6) is -0.293. The number of nitriles is 1. The number of amides is 1. The Bertz CT molecular complexity index is 866. The summed E-state index contributed by atoms with van der Waals surface area (Å²) in [6.45, 7) is 7.08. The molecule has 6 heteroatoms. The number of benzene rings is 1. The second kappa shape index (κ2) is 7.90. The average Bonchev–Trinajstić information content (AvgIpc) is 2.93. The minimum atomic E-state index is -0.787. The van der Waals surface area contributed by atoms with Gasteiger partial charge in [-0.05, 0) is 53.9 Å². The Kier molecular flexibility index (Phi) is 5.70. The third kappa shape index (κ3) is 4.79. The Balaban J connectivity index is 1.61. The lowest BCUT2D eigenvalue weighted by atomic mass is 9.65. The summed E-state index contributed by atoms with van der Waals surface area (Å²) >= 11 is 0. The number of fused-ring (bicyclic) bond motifs is 2. The fraction of sp³-hybridized carbons (Fsp3) is 0.522. The van der Waals surface area contributed by atoms with Gasteiger partial charge in [-0.15, -0.1) is 0 Å². The van der Waals surface area contributed by atoms with E-state index in [1.807, 2.05) is 11.0 Å². The van der Waals surface area contributed by atoms with Crippen LogP contribution >= 0.6 is 0 Å². The normalized spacial score (nSPS) is 25.3. The largest absolute Gasteiger partial charge is 0.497 e. The van der Waals surface area contributed by atoms with Gasteiger partial charge in [0.1, 0.15) is 17.4 Å². The molecular weight excluding hydrogens is 368 g/mol. The van der Waals surface area contributed by atoms with E-state index < -0.39 is 5.97 Å². The second-order valence-corrected chi connectivity index (χ2v) is 9.25. The molecule has 2 unspecified atom stereocenters. The summed E-state index contributed by atoms with van der Waals surface area (Å²) in [4.78, 5) is 26.9. The van der Waals surface area contributed by atoms with Crippen LogP contribution in [0.25, 0.3) is 6.08 Å². The maximum Gasteiger partial charge on any atom is 0.349 e. The van der Waals surface area contributed by atoms with Gasteiger partial charge in [-0.1, -0.05) is 32.9 Å². The third-order valence-electron chi connectivity index (χ3n) is 5.83. The molecule has 2 atom stereocenters. The van der Waals surface area contributed by atoms with Crippen LogP contribution in [0, 0.1) is 22.2 Å². The van der Waals surface area contributed by atoms with Crippen LogP contribution in [-0.2, 0) is 14.3 Å². The zero-order valence-corrected chi connectivity index (χ0v) is 17.5. The van der Waals surface area contributed by atoms with Gasteiger partial charge in [0.2, 0.25) is 0 Å². The van der Waals surface area contributed by atoms with E-state index in [0.717, 1.165) is 19.3 Å². The van der Waals surface area contributed by atoms with Crippen molar-refractivity contribution in [3.63, 3.8) is 0 Å². The molecular formula is C23H28N2O4. The zero-order valence-electron chi connectivity index (χ0n) is 17.5. The first kappa shape index (κ1) is 20.9. The van der Waals surface area contributed by atoms with Crippen LogP contribution in [0.3, 0.4) is 0 Å². The Labute approximate surface area is 172 Å². The molecule has 1 saturated carbocycles. The van der Waals surface area contributed by atoms with Crippen molar-refractivity contribution in [2.24, 2.45) is 10.8 Å². The number of hydrogen-bond acceptors (Lipinski definition) is 5. The standard InChI is InChI=1S/C23H28N2O4/c1-22(2)10-18-11-23(3,14-22)15-25(18)20(26)13-29-21(27)17(12-24)9-16-5-7-19(28-4)8-6-16/h5-9,18H,10-11,13-15H2,1-4H3. The summed E-state index contributed by atoms with van der Waals surface area (Å²) in [6, 6.07) is 9.00. The Hall–Kier alpha value is -2.81. The Morgan fingerprint density at radius 2 is 1.93 bits per heavy atom. The molecule has 0 N–H and O–H groups in total. The summed E-state index contributed by atoms with van der Waals surface area (Å²) in [5.41, 5.74) is 0.863. The molecule has 1 aliphatic heterocycles. The predicted molar refractivity (Wildman–Crippen MR) is 109 cm³/mol. The highest BCUT2D eigenvalue weighted by atomic mass is 16.5. The molecule has 1 aromatic rings. The molecule has 0 aromatic heterocycles. The van der Waals surface area contributed by atoms with Crippen molar-refractivity contribution >= 4 is 18.0 Å². The molecule has 2 bridgehead atoms. The number of esters is 1. The number of carbonyl (C=O) groups excluding carboxylic acids is 2. The van der Waals surface area contributed by atoms with E-state index in [2.05, 4.69) is 20.8 Å². The van der Waals surface area contributed by atoms with Gasteiger partial charge in [0.05, 0.1) is 7.11 Å². The zero-order chi connectivity index (χ0) is 21.2. The first-order chi connectivity index (χ1) is 13.6. The van der Waals surface area contributed by atoms with Crippen LogP contribution in [0.1, 0.15) is 45.6 Å². The van der Waals surface area contributed by atoms with Crippen molar-refractivity contribution in [3.8, 4) is 11.8 Å². The lowest BCUT2D eigenvalue weighted by Gasteiger charge is -2.39. The lowest BCUT2D eigenvalue weighted by Crippen LogP contribution is -2.39. The minimum absolute atomic E-state index is 0.123. The van der Waals surface area contributed by atoms with Gasteiger partial charge in [-0.3, -0.25) is 4.79 Å². The van der Waals surface area contributed by atoms with Gasteiger partial charge in [0.25, 0.3) is 5.91 Å². The number of rotatable bonds is 5. The summed E-state index contributed by atoms with van der Waals surface area (Å²) in [6.07, 6.45) is 4.49. The topological polar surface area (TPSA) is 79.6 Å². The van der Waals surface area contributed by atoms with Gasteiger partial charge >= 0.3 is 5.97 Å². The molecule has 6 nitrogen and oxygen atoms in total. The highest BCUT2D eigenvalue weighted by Crippen LogP contribution is 2.52. The average molecular weight is 396 g/mol. The smallest absolute Gasteiger partial charge is 0.349 e. The van der Waals surface area contributed by atoms with Crippen molar-refractivity contribution < 1.29 is 19.1 Å². The molecule has 154 valence electrons. The summed E-state index contributed by atoms with van der Waals surface area (Å²) in [7, 11) is 1.56. The fourth-order valence-electron chi connectivity index (χ4n) is 5.04. The van der Waals surface area contributed by atoms with E-state index in [1.54, 1.807) is 31.4 Å². The van der Waals surface area contributed by atoms with E-state index in [9.17, 15) is 14.9 Å². The van der Waals surface area contributed by atoms with Gasteiger partial charge < -0.3 is 14.4 Å². The number of nitrogens with zero attached hydrogens (tertiary/aromatic N) is 2. The lowest BCUT2D eigenvalue weighted by molar-refractivity contribution is -0.149. The van der Waals surface area contributed by atoms with Gasteiger partial charge in [0.15, 0.2) is 6.61 Å². The highest BCUT2D eigenvalue weighted by molar-refractivity contribution is 5.98. The molecule has 0 spiro atoms. The van der Waals surface area contributed by atoms with Crippen molar-refractivity contribution in [2.75, 3.05) is 20.3 Å². The van der Waals surface area contributed by atoms with Crippen molar-refractivity contribution in [2.45, 2.75) is 46.1 Å². The highest BCUT2D eigenvalue weighted by Gasteiger charge is 2.50. The maximum atomic E-state index is 12.7. The molecule has 29 heavy (non-hydrogen) atoms. The van der Waals surface area contributed by atoms with E-state index in [-0.39, 0.29) is 35.0 Å². The van der Waals surface area contributed by atoms with E-state index in [0.29, 0.717) is 17.9 Å². The number of likely N-dealkylation sites (tertiary alicyclic amines) is 1. The third-order valence-corrected chi connectivity index (χ3v) is 5.83. The number of hydrogen-bond donors (Lipinski definition) is 0. The number of carbonyl (C=O) groups is 2. The molecule has 1 amide bonds. The van der Waals surface area contributed by atoms with Crippen LogP contribution in [0.4, 0.5) is 0 Å². The molecule has 1 aliphatic carbocycles. The quantitative estimate of drug-likeness (QED) is 0.432. The molecule has 1 aromatic carbocycles. The number of methoxy groups -OCH3 is 1. The molecule has 0 radical (unpaired) electrons. The van der Waals surface area contributed by atoms with Crippen LogP contribution in [0.5, 0.6) is 5.75 Å². The molecule has 1 saturated heterocycles. The molecule has 2 fully saturated rings. The number of ether oxygens (including phenoxy) is 2. The molecule has 2 aliphatic rings. The van der Waals surface area contributed by atoms with Crippen LogP contribution in [0.15, 0.2) is 29.8 Å². The first-order valence-corrected chi connectivity index (χ1v) is 9.87. The van der Waals surface area contributed by atoms with Crippen molar-refractivity contribution in [1.82, 2.24) is 4.90 Å². The second-order valence-electron chi connectivity index (χ2n) is 9.25. The van der Waals surface area contributed by atoms with Gasteiger partial charge in [0, 0.05) is 12.6 Å². The predicted octanol–water partition coefficient (Wildman–Crippen LogP) is 3.57. The van der Waals surface area contributed by atoms with E-state index in [4.69, 9.17) is 9.47 Å². The Morgan fingerprint density at radius 3 is 2.55 bits per heavy atom. The fourth-order valence-corrected chi connectivity index (χ4v) is 5.04. The summed E-state index contributed by atoms with van der Waals surface area (Å²) in [5, 5.41) is 9.31. The summed E-state index contributed by atoms with van der Waals surface area (Å²) < 4.78 is 10.3. The molecule has 1 heterocycles. The molecule has 3 rings (SSSR count). The van der Waals surface area contributed by atoms with Gasteiger partial charge in [-0.25, -0.2) is 4.79 Å². The Morgan fingerprint density at radius 1 is 1.24 bits per heavy atom. The van der Waals surface area contributed by atoms with E-state index in [1.165, 1.54) is 6.08 Å². The monoisotopic (exact) mass is 396 g/mol. The maximum absolute atomic E-state index is 12.7. The van der Waals surface area contributed by atoms with Crippen LogP contribution < -0.4 is 4.74 Å².